The molecular weight excluding hydrogens is 440 g/mol. The van der Waals surface area contributed by atoms with Gasteiger partial charge in [-0.25, -0.2) is 8.42 Å². The second-order valence-electron chi connectivity index (χ2n) is 7.77. The average Bonchev–Trinajstić information content (AvgIpc) is 3.28. The largest absolute Gasteiger partial charge is 0.330 e. The van der Waals surface area contributed by atoms with Gasteiger partial charge in [0.2, 0.25) is 15.9 Å². The Morgan fingerprint density at radius 3 is 2.47 bits per heavy atom. The summed E-state index contributed by atoms with van der Waals surface area (Å²) in [5, 5.41) is 2.06. The fourth-order valence-corrected chi connectivity index (χ4v) is 6.46. The topological polar surface area (TPSA) is 57.7 Å². The number of benzene rings is 2. The molecule has 0 saturated heterocycles. The lowest BCUT2D eigenvalue weighted by Gasteiger charge is -2.37. The maximum atomic E-state index is 13.5. The third-order valence-electron chi connectivity index (χ3n) is 5.63. The average molecular weight is 467 g/mol. The van der Waals surface area contributed by atoms with Gasteiger partial charge in [0, 0.05) is 18.0 Å². The van der Waals surface area contributed by atoms with Crippen LogP contribution in [0.3, 0.4) is 0 Å². The number of rotatable bonds is 8. The van der Waals surface area contributed by atoms with Crippen LogP contribution in [0.2, 0.25) is 0 Å². The summed E-state index contributed by atoms with van der Waals surface area (Å²) in [6.45, 7) is 4.15. The Labute approximate surface area is 193 Å². The number of hydrogen-bond donors (Lipinski definition) is 0. The van der Waals surface area contributed by atoms with E-state index in [1.54, 1.807) is 23.5 Å². The molecule has 1 unspecified atom stereocenters. The minimum absolute atomic E-state index is 0.0917. The summed E-state index contributed by atoms with van der Waals surface area (Å²) in [7, 11) is -3.69. The van der Waals surface area contributed by atoms with Crippen LogP contribution in [-0.4, -0.2) is 43.2 Å². The molecule has 0 fully saturated rings. The van der Waals surface area contributed by atoms with Gasteiger partial charge in [-0.1, -0.05) is 66.7 Å². The molecule has 0 N–H and O–H groups in total. The zero-order valence-corrected chi connectivity index (χ0v) is 19.4. The molecule has 166 valence electrons. The normalized spacial score (nSPS) is 16.0. The van der Waals surface area contributed by atoms with E-state index in [2.05, 4.69) is 18.0 Å². The molecular formula is C25H26N2O3S2. The second-order valence-corrected chi connectivity index (χ2v) is 10.7. The Morgan fingerprint density at radius 1 is 1.09 bits per heavy atom. The summed E-state index contributed by atoms with van der Waals surface area (Å²) in [6.07, 6.45) is 2.30. The number of carbonyl (C=O) groups is 1. The molecule has 2 aromatic carbocycles. The van der Waals surface area contributed by atoms with E-state index in [1.807, 2.05) is 53.4 Å². The molecule has 3 aromatic rings. The third-order valence-corrected chi connectivity index (χ3v) is 8.39. The standard InChI is InChI=1S/C25H26N2O3S2/c1-2-15-26(32(29,30)19-20-9-5-3-6-10-20)18-24(28)27-16-13-23-22(14-17-31-23)25(27)21-11-7-4-8-12-21/h2-12,14,17,25H,1,13,15-16,18-19H2. The van der Waals surface area contributed by atoms with Crippen LogP contribution in [0.15, 0.2) is 84.8 Å². The van der Waals surface area contributed by atoms with Gasteiger partial charge in [0.25, 0.3) is 0 Å². The molecule has 4 rings (SSSR count). The fraction of sp³-hybridized carbons (Fsp3) is 0.240. The molecule has 0 radical (unpaired) electrons. The molecule has 1 aliphatic heterocycles. The maximum Gasteiger partial charge on any atom is 0.238 e. The Morgan fingerprint density at radius 2 is 1.78 bits per heavy atom. The molecule has 5 nitrogen and oxygen atoms in total. The van der Waals surface area contributed by atoms with E-state index in [1.165, 1.54) is 15.3 Å². The van der Waals surface area contributed by atoms with E-state index in [-0.39, 0.29) is 30.8 Å². The minimum atomic E-state index is -3.69. The first-order chi connectivity index (χ1) is 15.5. The van der Waals surface area contributed by atoms with Gasteiger partial charge >= 0.3 is 0 Å². The van der Waals surface area contributed by atoms with Crippen molar-refractivity contribution < 1.29 is 13.2 Å². The van der Waals surface area contributed by atoms with E-state index in [4.69, 9.17) is 0 Å². The van der Waals surface area contributed by atoms with Crippen LogP contribution in [-0.2, 0) is 27.0 Å². The molecule has 7 heteroatoms. The molecule has 0 bridgehead atoms. The third kappa shape index (κ3) is 4.85. The maximum absolute atomic E-state index is 13.5. The summed E-state index contributed by atoms with van der Waals surface area (Å²) in [5.74, 6) is -0.347. The van der Waals surface area contributed by atoms with E-state index >= 15 is 0 Å². The van der Waals surface area contributed by atoms with Gasteiger partial charge < -0.3 is 4.90 Å². The van der Waals surface area contributed by atoms with Crippen molar-refractivity contribution >= 4 is 27.3 Å². The Kier molecular flexibility index (Phi) is 6.89. The molecule has 0 aliphatic carbocycles. The lowest BCUT2D eigenvalue weighted by Crippen LogP contribution is -2.47. The van der Waals surface area contributed by atoms with E-state index in [0.717, 1.165) is 17.5 Å². The number of sulfonamides is 1. The lowest BCUT2D eigenvalue weighted by molar-refractivity contribution is -0.133. The van der Waals surface area contributed by atoms with Gasteiger partial charge in [-0.15, -0.1) is 17.9 Å². The van der Waals surface area contributed by atoms with Gasteiger partial charge in [-0.05, 0) is 34.6 Å². The number of hydrogen-bond acceptors (Lipinski definition) is 4. The van der Waals surface area contributed by atoms with Gasteiger partial charge in [-0.3, -0.25) is 4.79 Å². The highest BCUT2D eigenvalue weighted by atomic mass is 32.2. The van der Waals surface area contributed by atoms with Crippen molar-refractivity contribution in [1.29, 1.82) is 0 Å². The van der Waals surface area contributed by atoms with Crippen molar-refractivity contribution in [2.24, 2.45) is 0 Å². The minimum Gasteiger partial charge on any atom is -0.330 e. The number of carbonyl (C=O) groups excluding carboxylic acids is 1. The van der Waals surface area contributed by atoms with Crippen LogP contribution in [0.25, 0.3) is 0 Å². The first kappa shape index (κ1) is 22.5. The van der Waals surface area contributed by atoms with Crippen LogP contribution in [0.1, 0.15) is 27.6 Å². The zero-order chi connectivity index (χ0) is 22.6. The lowest BCUT2D eigenvalue weighted by atomic mass is 9.93. The quantitative estimate of drug-likeness (QED) is 0.467. The summed E-state index contributed by atoms with van der Waals surface area (Å²) >= 11 is 1.71. The highest BCUT2D eigenvalue weighted by Crippen LogP contribution is 2.37. The number of nitrogens with zero attached hydrogens (tertiary/aromatic N) is 2. The summed E-state index contributed by atoms with van der Waals surface area (Å²) in [5.41, 5.74) is 2.85. The van der Waals surface area contributed by atoms with Gasteiger partial charge in [0.05, 0.1) is 18.3 Å². The molecule has 1 aromatic heterocycles. The highest BCUT2D eigenvalue weighted by Gasteiger charge is 2.34. The fourth-order valence-electron chi connectivity index (χ4n) is 4.12. The first-order valence-corrected chi connectivity index (χ1v) is 13.0. The van der Waals surface area contributed by atoms with Crippen LogP contribution in [0, 0.1) is 0 Å². The first-order valence-electron chi connectivity index (χ1n) is 10.5. The SMILES string of the molecule is C=CCN(CC(=O)N1CCc2sccc2C1c1ccccc1)S(=O)(=O)Cc1ccccc1. The number of amides is 1. The highest BCUT2D eigenvalue weighted by molar-refractivity contribution is 7.88. The van der Waals surface area contributed by atoms with Crippen LogP contribution in [0.5, 0.6) is 0 Å². The smallest absolute Gasteiger partial charge is 0.238 e. The molecule has 1 aliphatic rings. The van der Waals surface area contributed by atoms with Crippen molar-refractivity contribution in [1.82, 2.24) is 9.21 Å². The van der Waals surface area contributed by atoms with Crippen molar-refractivity contribution in [3.8, 4) is 0 Å². The summed E-state index contributed by atoms with van der Waals surface area (Å²) in [6, 6.07) is 20.8. The Bertz CT molecular complexity index is 1170. The Balaban J connectivity index is 1.59. The molecule has 1 atom stereocenters. The second kappa shape index (κ2) is 9.81. The molecule has 0 saturated carbocycles. The van der Waals surface area contributed by atoms with Gasteiger partial charge in [0.15, 0.2) is 0 Å². The van der Waals surface area contributed by atoms with E-state index < -0.39 is 10.0 Å². The van der Waals surface area contributed by atoms with Crippen molar-refractivity contribution in [2.45, 2.75) is 18.2 Å². The summed E-state index contributed by atoms with van der Waals surface area (Å²) in [4.78, 5) is 16.6. The van der Waals surface area contributed by atoms with Gasteiger partial charge in [-0.2, -0.15) is 4.31 Å². The van der Waals surface area contributed by atoms with Crippen LogP contribution in [0.4, 0.5) is 0 Å². The molecule has 32 heavy (non-hydrogen) atoms. The van der Waals surface area contributed by atoms with Gasteiger partial charge in [0.1, 0.15) is 0 Å². The number of thiophene rings is 1. The zero-order valence-electron chi connectivity index (χ0n) is 17.8. The van der Waals surface area contributed by atoms with Crippen molar-refractivity contribution in [3.63, 3.8) is 0 Å². The molecule has 0 spiro atoms. The Hall–Kier alpha value is -2.74. The van der Waals surface area contributed by atoms with E-state index in [9.17, 15) is 13.2 Å². The molecule has 2 heterocycles. The predicted molar refractivity (Wildman–Crippen MR) is 129 cm³/mol. The van der Waals surface area contributed by atoms with Crippen molar-refractivity contribution in [3.05, 3.63) is 106 Å². The van der Waals surface area contributed by atoms with E-state index in [0.29, 0.717) is 12.1 Å². The monoisotopic (exact) mass is 466 g/mol. The summed E-state index contributed by atoms with van der Waals surface area (Å²) < 4.78 is 27.5. The molecule has 1 amide bonds. The van der Waals surface area contributed by atoms with Crippen molar-refractivity contribution in [2.75, 3.05) is 19.6 Å². The van der Waals surface area contributed by atoms with Crippen LogP contribution >= 0.6 is 11.3 Å². The number of fused-ring (bicyclic) bond motifs is 1. The van der Waals surface area contributed by atoms with Crippen LogP contribution < -0.4 is 0 Å². The predicted octanol–water partition coefficient (Wildman–Crippen LogP) is 4.24.